The molecule has 3 aromatic rings. The van der Waals surface area contributed by atoms with Gasteiger partial charge in [0.1, 0.15) is 24.3 Å². The molecule has 0 bridgehead atoms. The van der Waals surface area contributed by atoms with E-state index in [1.807, 2.05) is 23.3 Å². The highest BCUT2D eigenvalue weighted by Gasteiger charge is 2.29. The Bertz CT molecular complexity index is 1050. The van der Waals surface area contributed by atoms with Crippen LogP contribution in [-0.2, 0) is 6.54 Å². The number of hydrogen-bond donors (Lipinski definition) is 0. The fourth-order valence-corrected chi connectivity index (χ4v) is 3.12. The van der Waals surface area contributed by atoms with E-state index in [4.69, 9.17) is 9.15 Å². The van der Waals surface area contributed by atoms with Crippen LogP contribution in [0, 0.1) is 11.6 Å². The number of ether oxygens (including phenoxy) is 1. The van der Waals surface area contributed by atoms with Crippen LogP contribution in [0.15, 0.2) is 46.7 Å². The average molecular weight is 430 g/mol. The molecule has 4 nitrogen and oxygen atoms in total. The molecular formula is C19H17BF6N2O2. The average Bonchev–Trinajstić information content (AvgIpc) is 3.17. The molecule has 1 aliphatic heterocycles. The van der Waals surface area contributed by atoms with Gasteiger partial charge in [-0.25, -0.2) is 8.78 Å². The SMILES string of the molecule is CCN1/C(=C/c2oc3ccc(F)cc3[n+]2CC)Oc2ccc(F)cc21.FB(F)F.[F-]. The van der Waals surface area contributed by atoms with Gasteiger partial charge in [0, 0.05) is 18.7 Å². The predicted octanol–water partition coefficient (Wildman–Crippen LogP) is 2.12. The Labute approximate surface area is 168 Å². The molecule has 1 aliphatic rings. The molecule has 0 unspecified atom stereocenters. The normalized spacial score (nSPS) is 13.4. The summed E-state index contributed by atoms with van der Waals surface area (Å²) in [5, 5.41) is 0. The first-order chi connectivity index (χ1) is 13.8. The summed E-state index contributed by atoms with van der Waals surface area (Å²) in [5.74, 6) is 1.06. The number of hydrogen-bond acceptors (Lipinski definition) is 3. The maximum absolute atomic E-state index is 13.6. The van der Waals surface area contributed by atoms with E-state index in [9.17, 15) is 21.7 Å². The first-order valence-electron chi connectivity index (χ1n) is 8.84. The lowest BCUT2D eigenvalue weighted by atomic mass is 10.2. The first kappa shape index (κ1) is 23.2. The minimum atomic E-state index is -3.67. The van der Waals surface area contributed by atoms with E-state index in [2.05, 4.69) is 0 Å². The molecule has 1 aromatic heterocycles. The van der Waals surface area contributed by atoms with Gasteiger partial charge in [-0.2, -0.15) is 4.57 Å². The fraction of sp³-hybridized carbons (Fsp3) is 0.211. The maximum Gasteiger partial charge on any atom is 0.762 e. The standard InChI is InChI=1S/C19H17F2N2O2.BF3.FH/c1-3-22-14-9-12(20)5-7-16(14)24-18(22)11-19-23(4-2)15-10-13(21)6-8-17(15)25-19;2-1(3)4;/h5-11H,3-4H2,1-2H3;;1H/q+1;;/p-1. The Balaban J connectivity index is 0.000000591. The van der Waals surface area contributed by atoms with E-state index in [0.717, 1.165) is 0 Å². The Morgan fingerprint density at radius 1 is 1.03 bits per heavy atom. The van der Waals surface area contributed by atoms with E-state index in [-0.39, 0.29) is 16.3 Å². The lowest BCUT2D eigenvalue weighted by molar-refractivity contribution is -0.674. The zero-order valence-corrected chi connectivity index (χ0v) is 16.0. The van der Waals surface area contributed by atoms with Crippen molar-refractivity contribution >= 4 is 30.4 Å². The molecule has 0 atom stereocenters. The smallest absolute Gasteiger partial charge is 0.762 e. The van der Waals surface area contributed by atoms with Crippen LogP contribution in [0.1, 0.15) is 19.7 Å². The molecule has 0 amide bonds. The Kier molecular flexibility index (Phi) is 7.41. The summed E-state index contributed by atoms with van der Waals surface area (Å²) in [5.41, 5.74) is 1.96. The summed E-state index contributed by atoms with van der Waals surface area (Å²) < 4.78 is 69.7. The number of halogens is 6. The second-order valence-electron chi connectivity index (χ2n) is 5.98. The third-order valence-electron chi connectivity index (χ3n) is 4.26. The highest BCUT2D eigenvalue weighted by molar-refractivity contribution is 6.33. The summed E-state index contributed by atoms with van der Waals surface area (Å²) in [6.45, 7) is 5.14. The van der Waals surface area contributed by atoms with Crippen molar-refractivity contribution in [1.82, 2.24) is 0 Å². The van der Waals surface area contributed by atoms with Crippen LogP contribution in [0.25, 0.3) is 17.2 Å². The molecule has 0 aliphatic carbocycles. The molecule has 30 heavy (non-hydrogen) atoms. The zero-order valence-electron chi connectivity index (χ0n) is 16.0. The Hall–Kier alpha value is -3.11. The summed E-state index contributed by atoms with van der Waals surface area (Å²) >= 11 is 0. The van der Waals surface area contributed by atoms with Gasteiger partial charge in [0.2, 0.25) is 11.5 Å². The van der Waals surface area contributed by atoms with Crippen LogP contribution >= 0.6 is 0 Å². The third kappa shape index (κ3) is 4.72. The number of aryl methyl sites for hydroxylation is 1. The van der Waals surface area contributed by atoms with E-state index in [0.29, 0.717) is 47.4 Å². The van der Waals surface area contributed by atoms with Crippen LogP contribution in [0.4, 0.5) is 27.4 Å². The van der Waals surface area contributed by atoms with Gasteiger partial charge >= 0.3 is 13.4 Å². The molecule has 2 heterocycles. The van der Waals surface area contributed by atoms with Crippen LogP contribution in [0.5, 0.6) is 5.75 Å². The van der Waals surface area contributed by atoms with E-state index < -0.39 is 7.54 Å². The summed E-state index contributed by atoms with van der Waals surface area (Å²) in [6, 6.07) is 8.84. The monoisotopic (exact) mass is 430 g/mol. The van der Waals surface area contributed by atoms with Gasteiger partial charge in [0.15, 0.2) is 5.75 Å². The number of anilines is 1. The zero-order chi connectivity index (χ0) is 21.1. The van der Waals surface area contributed by atoms with Crippen LogP contribution in [0.2, 0.25) is 0 Å². The number of nitrogens with zero attached hydrogens (tertiary/aromatic N) is 2. The molecule has 0 fully saturated rings. The van der Waals surface area contributed by atoms with Gasteiger partial charge in [-0.05, 0) is 38.1 Å². The van der Waals surface area contributed by atoms with Gasteiger partial charge in [0.25, 0.3) is 5.52 Å². The highest BCUT2D eigenvalue weighted by Crippen LogP contribution is 2.39. The number of oxazole rings is 1. The molecule has 11 heteroatoms. The number of rotatable bonds is 3. The molecule has 0 saturated heterocycles. The van der Waals surface area contributed by atoms with E-state index in [1.54, 1.807) is 18.2 Å². The lowest BCUT2D eigenvalue weighted by Gasteiger charge is -2.14. The topological polar surface area (TPSA) is 29.5 Å². The van der Waals surface area contributed by atoms with Crippen molar-refractivity contribution in [3.05, 3.63) is 59.8 Å². The molecule has 160 valence electrons. The molecular weight excluding hydrogens is 413 g/mol. The number of aromatic nitrogens is 1. The molecule has 0 radical (unpaired) electrons. The number of fused-ring (bicyclic) bond motifs is 2. The maximum atomic E-state index is 13.6. The van der Waals surface area contributed by atoms with Gasteiger partial charge in [-0.15, -0.1) is 0 Å². The highest BCUT2D eigenvalue weighted by atomic mass is 19.4. The molecule has 2 aromatic carbocycles. The molecule has 0 spiro atoms. The second kappa shape index (κ2) is 9.60. The lowest BCUT2D eigenvalue weighted by Crippen LogP contribution is -3.00. The molecule has 4 rings (SSSR count). The van der Waals surface area contributed by atoms with Crippen molar-refractivity contribution in [2.45, 2.75) is 20.4 Å². The molecule has 0 saturated carbocycles. The second-order valence-corrected chi connectivity index (χ2v) is 5.98. The minimum absolute atomic E-state index is 0. The van der Waals surface area contributed by atoms with E-state index >= 15 is 0 Å². The van der Waals surface area contributed by atoms with E-state index in [1.165, 1.54) is 24.3 Å². The Morgan fingerprint density at radius 2 is 1.67 bits per heavy atom. The van der Waals surface area contributed by atoms with Gasteiger partial charge in [-0.3, -0.25) is 12.9 Å². The molecule has 0 N–H and O–H groups in total. The van der Waals surface area contributed by atoms with Crippen molar-refractivity contribution in [2.24, 2.45) is 0 Å². The van der Waals surface area contributed by atoms with Crippen molar-refractivity contribution < 1.29 is 40.2 Å². The van der Waals surface area contributed by atoms with Gasteiger partial charge in [-0.1, -0.05) is 0 Å². The summed E-state index contributed by atoms with van der Waals surface area (Å²) in [7, 11) is -3.67. The minimum Gasteiger partial charge on any atom is -1.00 e. The fourth-order valence-electron chi connectivity index (χ4n) is 3.12. The van der Waals surface area contributed by atoms with Crippen LogP contribution in [0.3, 0.4) is 0 Å². The third-order valence-corrected chi connectivity index (χ3v) is 4.26. The van der Waals surface area contributed by atoms with Crippen molar-refractivity contribution in [3.63, 3.8) is 0 Å². The quantitative estimate of drug-likeness (QED) is 0.363. The van der Waals surface area contributed by atoms with Crippen LogP contribution < -0.4 is 18.9 Å². The van der Waals surface area contributed by atoms with Gasteiger partial charge in [0.05, 0.1) is 5.69 Å². The largest absolute Gasteiger partial charge is 1.00 e. The number of benzene rings is 2. The Morgan fingerprint density at radius 3 is 2.30 bits per heavy atom. The first-order valence-corrected chi connectivity index (χ1v) is 8.84. The van der Waals surface area contributed by atoms with Crippen LogP contribution in [-0.4, -0.2) is 14.1 Å². The summed E-state index contributed by atoms with van der Waals surface area (Å²) in [4.78, 5) is 1.87. The van der Waals surface area contributed by atoms with Crippen molar-refractivity contribution in [2.75, 3.05) is 11.4 Å². The predicted molar refractivity (Wildman–Crippen MR) is 99.1 cm³/mol. The van der Waals surface area contributed by atoms with Crippen molar-refractivity contribution in [1.29, 1.82) is 0 Å². The van der Waals surface area contributed by atoms with Gasteiger partial charge < -0.3 is 18.8 Å². The summed E-state index contributed by atoms with van der Waals surface area (Å²) in [6.07, 6.45) is 1.75. The van der Waals surface area contributed by atoms with Crippen molar-refractivity contribution in [3.8, 4) is 5.75 Å².